The Kier molecular flexibility index (Phi) is 4.13. The van der Waals surface area contributed by atoms with Gasteiger partial charge >= 0.3 is 0 Å². The third kappa shape index (κ3) is 3.25. The molecule has 1 aromatic carbocycles. The summed E-state index contributed by atoms with van der Waals surface area (Å²) < 4.78 is 20.5. The SMILES string of the molecule is CC[C@H](Oc1ccccc1F)C(=O)Nc1nc2ncccn2n1. The van der Waals surface area contributed by atoms with Crippen molar-refractivity contribution in [2.24, 2.45) is 0 Å². The van der Waals surface area contributed by atoms with Crippen molar-refractivity contribution in [3.8, 4) is 5.75 Å². The average Bonchev–Trinajstić information content (AvgIpc) is 2.96. The first-order chi connectivity index (χ1) is 11.2. The second-order valence-electron chi connectivity index (χ2n) is 4.73. The second-order valence-corrected chi connectivity index (χ2v) is 4.73. The number of hydrogen-bond acceptors (Lipinski definition) is 5. The lowest BCUT2D eigenvalue weighted by Crippen LogP contribution is -2.33. The van der Waals surface area contributed by atoms with Crippen molar-refractivity contribution in [1.82, 2.24) is 19.6 Å². The molecule has 8 heteroatoms. The van der Waals surface area contributed by atoms with Crippen LogP contribution in [0.15, 0.2) is 42.7 Å². The summed E-state index contributed by atoms with van der Waals surface area (Å²) in [5.74, 6) is -0.463. The van der Waals surface area contributed by atoms with Gasteiger partial charge in [0.25, 0.3) is 17.6 Å². The zero-order chi connectivity index (χ0) is 16.2. The standard InChI is InChI=1S/C15H14FN5O2/c1-2-11(23-12-7-4-3-6-10(12)16)13(22)18-14-19-15-17-8-5-9-21(15)20-14/h3-9,11H,2H2,1H3,(H,18,20,22)/t11-/m0/s1. The summed E-state index contributed by atoms with van der Waals surface area (Å²) in [5, 5.41) is 6.63. The molecule has 2 aromatic heterocycles. The van der Waals surface area contributed by atoms with Crippen molar-refractivity contribution in [3.63, 3.8) is 0 Å². The van der Waals surface area contributed by atoms with Crippen LogP contribution in [-0.2, 0) is 4.79 Å². The number of benzene rings is 1. The van der Waals surface area contributed by atoms with Crippen LogP contribution in [0, 0.1) is 5.82 Å². The monoisotopic (exact) mass is 315 g/mol. The zero-order valence-corrected chi connectivity index (χ0v) is 12.3. The Morgan fingerprint density at radius 2 is 2.22 bits per heavy atom. The van der Waals surface area contributed by atoms with Crippen LogP contribution < -0.4 is 10.1 Å². The van der Waals surface area contributed by atoms with E-state index in [1.54, 1.807) is 37.5 Å². The predicted molar refractivity (Wildman–Crippen MR) is 80.5 cm³/mol. The molecular formula is C15H14FN5O2. The van der Waals surface area contributed by atoms with Crippen molar-refractivity contribution < 1.29 is 13.9 Å². The molecule has 2 heterocycles. The third-order valence-electron chi connectivity index (χ3n) is 3.12. The number of rotatable bonds is 5. The van der Waals surface area contributed by atoms with Gasteiger partial charge in [-0.1, -0.05) is 19.1 Å². The van der Waals surface area contributed by atoms with Crippen LogP contribution in [0.3, 0.4) is 0 Å². The molecule has 0 fully saturated rings. The van der Waals surface area contributed by atoms with Gasteiger partial charge in [-0.15, -0.1) is 5.10 Å². The Labute approximate surface area is 131 Å². The number of halogens is 1. The van der Waals surface area contributed by atoms with E-state index in [9.17, 15) is 9.18 Å². The number of carbonyl (C=O) groups is 1. The first-order valence-corrected chi connectivity index (χ1v) is 7.07. The fourth-order valence-corrected chi connectivity index (χ4v) is 1.99. The Morgan fingerprint density at radius 1 is 1.39 bits per heavy atom. The normalized spacial score (nSPS) is 12.1. The topological polar surface area (TPSA) is 81.4 Å². The smallest absolute Gasteiger partial charge is 0.267 e. The number of nitrogens with zero attached hydrogens (tertiary/aromatic N) is 4. The quantitative estimate of drug-likeness (QED) is 0.779. The molecule has 3 aromatic rings. The summed E-state index contributed by atoms with van der Waals surface area (Å²) in [4.78, 5) is 20.4. The minimum atomic E-state index is -0.855. The van der Waals surface area contributed by atoms with E-state index in [0.29, 0.717) is 12.2 Å². The lowest BCUT2D eigenvalue weighted by molar-refractivity contribution is -0.123. The summed E-state index contributed by atoms with van der Waals surface area (Å²) in [6.07, 6.45) is 2.75. The molecule has 1 N–H and O–H groups in total. The van der Waals surface area contributed by atoms with Gasteiger partial charge in [-0.25, -0.2) is 13.9 Å². The second kappa shape index (κ2) is 6.39. The van der Waals surface area contributed by atoms with E-state index in [1.165, 1.54) is 16.6 Å². The van der Waals surface area contributed by atoms with Gasteiger partial charge in [0.2, 0.25) is 0 Å². The minimum Gasteiger partial charge on any atom is -0.478 e. The highest BCUT2D eigenvalue weighted by Crippen LogP contribution is 2.18. The Balaban J connectivity index is 1.73. The Morgan fingerprint density at radius 3 is 2.96 bits per heavy atom. The van der Waals surface area contributed by atoms with Gasteiger partial charge in [-0.3, -0.25) is 10.1 Å². The van der Waals surface area contributed by atoms with Gasteiger partial charge in [0.1, 0.15) is 0 Å². The van der Waals surface area contributed by atoms with Crippen LogP contribution in [0.2, 0.25) is 0 Å². The number of amides is 1. The zero-order valence-electron chi connectivity index (χ0n) is 12.3. The molecule has 0 saturated carbocycles. The van der Waals surface area contributed by atoms with Crippen LogP contribution in [0.25, 0.3) is 5.78 Å². The molecule has 0 saturated heterocycles. The highest BCUT2D eigenvalue weighted by Gasteiger charge is 2.21. The molecule has 7 nitrogen and oxygen atoms in total. The number of nitrogens with one attached hydrogen (secondary N) is 1. The van der Waals surface area contributed by atoms with Crippen molar-refractivity contribution in [1.29, 1.82) is 0 Å². The predicted octanol–water partition coefficient (Wildman–Crippen LogP) is 2.06. The first-order valence-electron chi connectivity index (χ1n) is 7.07. The maximum atomic E-state index is 13.6. The number of ether oxygens (including phenoxy) is 1. The van der Waals surface area contributed by atoms with Crippen molar-refractivity contribution >= 4 is 17.6 Å². The number of carbonyl (C=O) groups excluding carboxylic acids is 1. The summed E-state index contributed by atoms with van der Waals surface area (Å²) in [5.41, 5.74) is 0. The molecule has 0 spiro atoms. The van der Waals surface area contributed by atoms with Gasteiger partial charge in [-0.2, -0.15) is 4.98 Å². The molecule has 118 valence electrons. The van der Waals surface area contributed by atoms with E-state index in [1.807, 2.05) is 0 Å². The van der Waals surface area contributed by atoms with E-state index < -0.39 is 17.8 Å². The van der Waals surface area contributed by atoms with E-state index >= 15 is 0 Å². The summed E-state index contributed by atoms with van der Waals surface area (Å²) in [6, 6.07) is 7.63. The van der Waals surface area contributed by atoms with Gasteiger partial charge in [0.15, 0.2) is 17.7 Å². The highest BCUT2D eigenvalue weighted by atomic mass is 19.1. The van der Waals surface area contributed by atoms with E-state index in [4.69, 9.17) is 4.74 Å². The van der Waals surface area contributed by atoms with Crippen LogP contribution in [-0.4, -0.2) is 31.6 Å². The van der Waals surface area contributed by atoms with Gasteiger partial charge in [-0.05, 0) is 24.6 Å². The Bertz CT molecular complexity index is 802. The first kappa shape index (κ1) is 14.9. The number of fused-ring (bicyclic) bond motifs is 1. The van der Waals surface area contributed by atoms with Gasteiger partial charge in [0, 0.05) is 12.4 Å². The minimum absolute atomic E-state index is 0.0270. The largest absolute Gasteiger partial charge is 0.478 e. The molecule has 0 aliphatic heterocycles. The molecule has 0 unspecified atom stereocenters. The van der Waals surface area contributed by atoms with Gasteiger partial charge in [0.05, 0.1) is 0 Å². The maximum absolute atomic E-state index is 13.6. The number of anilines is 1. The van der Waals surface area contributed by atoms with Crippen LogP contribution >= 0.6 is 0 Å². The Hall–Kier alpha value is -3.03. The molecule has 0 radical (unpaired) electrons. The molecule has 0 aliphatic carbocycles. The fraction of sp³-hybridized carbons (Fsp3) is 0.200. The molecule has 0 bridgehead atoms. The molecular weight excluding hydrogens is 301 g/mol. The molecule has 23 heavy (non-hydrogen) atoms. The number of hydrogen-bond donors (Lipinski definition) is 1. The van der Waals surface area contributed by atoms with Crippen LogP contribution in [0.4, 0.5) is 10.3 Å². The van der Waals surface area contributed by atoms with Crippen LogP contribution in [0.5, 0.6) is 5.75 Å². The third-order valence-corrected chi connectivity index (χ3v) is 3.12. The number of para-hydroxylation sites is 1. The lowest BCUT2D eigenvalue weighted by atomic mass is 10.2. The number of aromatic nitrogens is 4. The van der Waals surface area contributed by atoms with Crippen molar-refractivity contribution in [2.75, 3.05) is 5.32 Å². The summed E-state index contributed by atoms with van der Waals surface area (Å²) in [6.45, 7) is 1.77. The van der Waals surface area contributed by atoms with Crippen molar-refractivity contribution in [2.45, 2.75) is 19.4 Å². The molecule has 1 amide bonds. The average molecular weight is 315 g/mol. The van der Waals surface area contributed by atoms with Crippen molar-refractivity contribution in [3.05, 3.63) is 48.5 Å². The summed E-state index contributed by atoms with van der Waals surface area (Å²) in [7, 11) is 0. The fourth-order valence-electron chi connectivity index (χ4n) is 1.99. The lowest BCUT2D eigenvalue weighted by Gasteiger charge is -2.16. The molecule has 1 atom stereocenters. The van der Waals surface area contributed by atoms with E-state index in [-0.39, 0.29) is 11.7 Å². The van der Waals surface area contributed by atoms with Crippen LogP contribution in [0.1, 0.15) is 13.3 Å². The maximum Gasteiger partial charge on any atom is 0.267 e. The highest BCUT2D eigenvalue weighted by molar-refractivity contribution is 5.93. The molecule has 3 rings (SSSR count). The van der Waals surface area contributed by atoms with E-state index in [2.05, 4.69) is 20.4 Å². The van der Waals surface area contributed by atoms with E-state index in [0.717, 1.165) is 0 Å². The molecule has 0 aliphatic rings. The van der Waals surface area contributed by atoms with Gasteiger partial charge < -0.3 is 4.74 Å². The summed E-state index contributed by atoms with van der Waals surface area (Å²) >= 11 is 0.